The molecule has 2 heterocycles. The lowest BCUT2D eigenvalue weighted by Crippen LogP contribution is -2.16. The molecule has 2 nitrogen and oxygen atoms in total. The standard InChI is InChI=1S/C14H14Cl2N2S/c1-8-7-12(15)18-14(16)13(8)17-10-3-2-4-11-9(10)5-6-19-11/h5-7,10,17H,2-4H2,1H3. The lowest BCUT2D eigenvalue weighted by molar-refractivity contribution is 0.608. The van der Waals surface area contributed by atoms with Gasteiger partial charge < -0.3 is 5.32 Å². The Bertz CT molecular complexity index is 586. The van der Waals surface area contributed by atoms with Crippen LogP contribution in [-0.4, -0.2) is 4.98 Å². The minimum absolute atomic E-state index is 0.328. The van der Waals surface area contributed by atoms with Gasteiger partial charge in [0.25, 0.3) is 0 Å². The maximum Gasteiger partial charge on any atom is 0.154 e. The second kappa shape index (κ2) is 5.31. The van der Waals surface area contributed by atoms with Crippen LogP contribution in [0.15, 0.2) is 17.5 Å². The van der Waals surface area contributed by atoms with E-state index in [1.807, 2.05) is 24.3 Å². The number of nitrogens with zero attached hydrogens (tertiary/aromatic N) is 1. The van der Waals surface area contributed by atoms with Crippen molar-refractivity contribution in [2.75, 3.05) is 5.32 Å². The van der Waals surface area contributed by atoms with Gasteiger partial charge in [-0.1, -0.05) is 23.2 Å². The van der Waals surface area contributed by atoms with Gasteiger partial charge in [-0.3, -0.25) is 0 Å². The number of pyridine rings is 1. The first-order valence-corrected chi connectivity index (χ1v) is 7.94. The smallest absolute Gasteiger partial charge is 0.154 e. The Morgan fingerprint density at radius 1 is 1.42 bits per heavy atom. The average Bonchev–Trinajstić information content (AvgIpc) is 2.82. The molecule has 0 bridgehead atoms. The van der Waals surface area contributed by atoms with Gasteiger partial charge in [-0.05, 0) is 54.8 Å². The fourth-order valence-corrected chi connectivity index (χ4v) is 4.15. The topological polar surface area (TPSA) is 24.9 Å². The Kier molecular flexibility index (Phi) is 3.70. The second-order valence-electron chi connectivity index (χ2n) is 4.82. The summed E-state index contributed by atoms with van der Waals surface area (Å²) in [6.07, 6.45) is 3.53. The van der Waals surface area contributed by atoms with Crippen LogP contribution in [0.2, 0.25) is 10.3 Å². The number of aryl methyl sites for hydroxylation is 2. The molecule has 3 rings (SSSR count). The van der Waals surface area contributed by atoms with Crippen molar-refractivity contribution in [3.8, 4) is 0 Å². The molecule has 1 aliphatic carbocycles. The van der Waals surface area contributed by atoms with E-state index in [1.165, 1.54) is 23.3 Å². The number of hydrogen-bond donors (Lipinski definition) is 1. The summed E-state index contributed by atoms with van der Waals surface area (Å²) in [5, 5.41) is 6.60. The first-order chi connectivity index (χ1) is 9.15. The van der Waals surface area contributed by atoms with Crippen LogP contribution in [0.3, 0.4) is 0 Å². The molecule has 0 spiro atoms. The predicted octanol–water partition coefficient (Wildman–Crippen LogP) is 5.25. The number of anilines is 1. The number of nitrogens with one attached hydrogen (secondary N) is 1. The molecular formula is C14H14Cl2N2S. The van der Waals surface area contributed by atoms with Gasteiger partial charge in [0.1, 0.15) is 5.15 Å². The zero-order valence-electron chi connectivity index (χ0n) is 10.5. The van der Waals surface area contributed by atoms with Crippen LogP contribution in [0.4, 0.5) is 5.69 Å². The summed E-state index contributed by atoms with van der Waals surface area (Å²) >= 11 is 13.9. The van der Waals surface area contributed by atoms with Crippen LogP contribution in [-0.2, 0) is 6.42 Å². The summed E-state index contributed by atoms with van der Waals surface area (Å²) in [7, 11) is 0. The fourth-order valence-electron chi connectivity index (χ4n) is 2.58. The molecule has 1 atom stereocenters. The molecule has 1 aliphatic rings. The molecule has 0 aliphatic heterocycles. The van der Waals surface area contributed by atoms with Gasteiger partial charge >= 0.3 is 0 Å². The second-order valence-corrected chi connectivity index (χ2v) is 6.56. The normalized spacial score (nSPS) is 18.2. The van der Waals surface area contributed by atoms with Crippen molar-refractivity contribution in [3.63, 3.8) is 0 Å². The van der Waals surface area contributed by atoms with Crippen molar-refractivity contribution in [3.05, 3.63) is 43.8 Å². The Labute approximate surface area is 126 Å². The zero-order chi connectivity index (χ0) is 13.4. The van der Waals surface area contributed by atoms with Crippen molar-refractivity contribution in [1.29, 1.82) is 0 Å². The average molecular weight is 313 g/mol. The number of hydrogen-bond acceptors (Lipinski definition) is 3. The van der Waals surface area contributed by atoms with Gasteiger partial charge in [0, 0.05) is 4.88 Å². The van der Waals surface area contributed by atoms with E-state index in [1.54, 1.807) is 0 Å². The highest BCUT2D eigenvalue weighted by atomic mass is 35.5. The molecule has 0 amide bonds. The van der Waals surface area contributed by atoms with Crippen LogP contribution < -0.4 is 5.32 Å². The lowest BCUT2D eigenvalue weighted by Gasteiger charge is -2.25. The largest absolute Gasteiger partial charge is 0.375 e. The Balaban J connectivity index is 1.92. The first kappa shape index (κ1) is 13.2. The maximum atomic E-state index is 6.20. The molecular weight excluding hydrogens is 299 g/mol. The molecule has 5 heteroatoms. The summed E-state index contributed by atoms with van der Waals surface area (Å²) in [4.78, 5) is 5.60. The third kappa shape index (κ3) is 2.60. The summed E-state index contributed by atoms with van der Waals surface area (Å²) in [6, 6.07) is 4.38. The van der Waals surface area contributed by atoms with Crippen molar-refractivity contribution >= 4 is 40.2 Å². The van der Waals surface area contributed by atoms with Crippen molar-refractivity contribution in [1.82, 2.24) is 4.98 Å². The van der Waals surface area contributed by atoms with Gasteiger partial charge in [-0.15, -0.1) is 11.3 Å². The minimum Gasteiger partial charge on any atom is -0.375 e. The zero-order valence-corrected chi connectivity index (χ0v) is 12.9. The molecule has 0 radical (unpaired) electrons. The molecule has 2 aromatic rings. The molecule has 100 valence electrons. The first-order valence-electron chi connectivity index (χ1n) is 6.30. The van der Waals surface area contributed by atoms with Gasteiger partial charge in [0.05, 0.1) is 11.7 Å². The van der Waals surface area contributed by atoms with E-state index in [4.69, 9.17) is 23.2 Å². The number of halogens is 2. The van der Waals surface area contributed by atoms with Crippen molar-refractivity contribution in [2.45, 2.75) is 32.2 Å². The highest BCUT2D eigenvalue weighted by Gasteiger charge is 2.22. The van der Waals surface area contributed by atoms with Crippen LogP contribution >= 0.6 is 34.5 Å². The Hall–Kier alpha value is -0.770. The van der Waals surface area contributed by atoms with Gasteiger partial charge in [-0.2, -0.15) is 0 Å². The molecule has 0 saturated heterocycles. The lowest BCUT2D eigenvalue weighted by atomic mass is 9.94. The third-order valence-corrected chi connectivity index (χ3v) is 4.98. The van der Waals surface area contributed by atoms with Crippen LogP contribution in [0.1, 0.15) is 34.9 Å². The van der Waals surface area contributed by atoms with E-state index in [0.29, 0.717) is 16.3 Å². The van der Waals surface area contributed by atoms with E-state index < -0.39 is 0 Å². The van der Waals surface area contributed by atoms with Crippen LogP contribution in [0.25, 0.3) is 0 Å². The van der Waals surface area contributed by atoms with Gasteiger partial charge in [0.2, 0.25) is 0 Å². The molecule has 2 aromatic heterocycles. The van der Waals surface area contributed by atoms with E-state index >= 15 is 0 Å². The summed E-state index contributed by atoms with van der Waals surface area (Å²) in [5.41, 5.74) is 3.34. The third-order valence-electron chi connectivity index (χ3n) is 3.51. The maximum absolute atomic E-state index is 6.20. The highest BCUT2D eigenvalue weighted by Crippen LogP contribution is 2.37. The highest BCUT2D eigenvalue weighted by molar-refractivity contribution is 7.10. The molecule has 0 aromatic carbocycles. The molecule has 0 fully saturated rings. The van der Waals surface area contributed by atoms with Crippen molar-refractivity contribution in [2.24, 2.45) is 0 Å². The molecule has 19 heavy (non-hydrogen) atoms. The van der Waals surface area contributed by atoms with E-state index in [2.05, 4.69) is 21.7 Å². The SMILES string of the molecule is Cc1cc(Cl)nc(Cl)c1NC1CCCc2sccc21. The minimum atomic E-state index is 0.328. The number of thiophene rings is 1. The monoisotopic (exact) mass is 312 g/mol. The molecule has 1 N–H and O–H groups in total. The van der Waals surface area contributed by atoms with E-state index in [9.17, 15) is 0 Å². The number of rotatable bonds is 2. The summed E-state index contributed by atoms with van der Waals surface area (Å²) in [5.74, 6) is 0. The van der Waals surface area contributed by atoms with Crippen LogP contribution in [0.5, 0.6) is 0 Å². The van der Waals surface area contributed by atoms with E-state index in [0.717, 1.165) is 17.7 Å². The fraction of sp³-hybridized carbons (Fsp3) is 0.357. The summed E-state index contributed by atoms with van der Waals surface area (Å²) < 4.78 is 0. The summed E-state index contributed by atoms with van der Waals surface area (Å²) in [6.45, 7) is 2.00. The molecule has 0 saturated carbocycles. The van der Waals surface area contributed by atoms with Gasteiger partial charge in [0.15, 0.2) is 5.15 Å². The van der Waals surface area contributed by atoms with Gasteiger partial charge in [-0.25, -0.2) is 4.98 Å². The van der Waals surface area contributed by atoms with Crippen molar-refractivity contribution < 1.29 is 0 Å². The Morgan fingerprint density at radius 3 is 3.05 bits per heavy atom. The molecule has 1 unspecified atom stereocenters. The Morgan fingerprint density at radius 2 is 2.26 bits per heavy atom. The number of aromatic nitrogens is 1. The predicted molar refractivity (Wildman–Crippen MR) is 82.6 cm³/mol. The quantitative estimate of drug-likeness (QED) is 0.766. The van der Waals surface area contributed by atoms with Crippen LogP contribution in [0, 0.1) is 6.92 Å². The number of fused-ring (bicyclic) bond motifs is 1. The van der Waals surface area contributed by atoms with E-state index in [-0.39, 0.29) is 0 Å².